The van der Waals surface area contributed by atoms with E-state index in [0.717, 1.165) is 42.2 Å². The summed E-state index contributed by atoms with van der Waals surface area (Å²) in [4.78, 5) is 14.2. The van der Waals surface area contributed by atoms with Crippen LogP contribution in [0, 0.1) is 13.8 Å². The average Bonchev–Trinajstić information content (AvgIpc) is 3.14. The normalized spacial score (nSPS) is 18.7. The molecular weight excluding hydrogens is 292 g/mol. The maximum absolute atomic E-state index is 5.94. The zero-order valence-corrected chi connectivity index (χ0v) is 13.4. The van der Waals surface area contributed by atoms with Crippen molar-refractivity contribution in [3.8, 4) is 0 Å². The molecule has 3 aromatic heterocycles. The van der Waals surface area contributed by atoms with Gasteiger partial charge in [-0.05, 0) is 26.0 Å². The van der Waals surface area contributed by atoms with Crippen molar-refractivity contribution in [3.05, 3.63) is 36.0 Å². The lowest BCUT2D eigenvalue weighted by atomic mass is 10.2. The first-order valence-electron chi connectivity index (χ1n) is 7.86. The number of nitrogens with zero attached hydrogens (tertiary/aromatic N) is 5. The van der Waals surface area contributed by atoms with E-state index in [1.165, 1.54) is 5.69 Å². The number of aromatic nitrogens is 5. The Kier molecular flexibility index (Phi) is 3.49. The van der Waals surface area contributed by atoms with Crippen LogP contribution < -0.4 is 4.90 Å². The average molecular weight is 312 g/mol. The number of ether oxygens (including phenoxy) is 1. The Bertz CT molecular complexity index is 823. The Labute approximate surface area is 134 Å². The van der Waals surface area contributed by atoms with Gasteiger partial charge in [-0.3, -0.25) is 4.68 Å². The smallest absolute Gasteiger partial charge is 0.142 e. The van der Waals surface area contributed by atoms with E-state index in [1.807, 2.05) is 23.9 Å². The van der Waals surface area contributed by atoms with Crippen LogP contribution in [-0.2, 0) is 11.3 Å². The Morgan fingerprint density at radius 1 is 1.35 bits per heavy atom. The van der Waals surface area contributed by atoms with Gasteiger partial charge in [0.1, 0.15) is 17.8 Å². The molecule has 7 nitrogen and oxygen atoms in total. The highest BCUT2D eigenvalue weighted by Gasteiger charge is 2.24. The fourth-order valence-corrected chi connectivity index (χ4v) is 3.19. The Morgan fingerprint density at radius 3 is 3.09 bits per heavy atom. The van der Waals surface area contributed by atoms with Gasteiger partial charge in [0.2, 0.25) is 0 Å². The molecule has 1 fully saturated rings. The molecule has 0 aromatic carbocycles. The molecule has 1 N–H and O–H groups in total. The van der Waals surface area contributed by atoms with Crippen molar-refractivity contribution >= 4 is 16.9 Å². The first-order chi connectivity index (χ1) is 11.2. The summed E-state index contributed by atoms with van der Waals surface area (Å²) >= 11 is 0. The number of aromatic amines is 1. The van der Waals surface area contributed by atoms with Gasteiger partial charge in [-0.2, -0.15) is 5.10 Å². The quantitative estimate of drug-likeness (QED) is 0.796. The largest absolute Gasteiger partial charge is 0.373 e. The van der Waals surface area contributed by atoms with Gasteiger partial charge in [0.15, 0.2) is 0 Å². The first kappa shape index (κ1) is 14.2. The first-order valence-corrected chi connectivity index (χ1v) is 7.86. The van der Waals surface area contributed by atoms with E-state index in [9.17, 15) is 0 Å². The number of rotatable bonds is 3. The van der Waals surface area contributed by atoms with Gasteiger partial charge in [0, 0.05) is 25.0 Å². The van der Waals surface area contributed by atoms with E-state index in [0.29, 0.717) is 6.61 Å². The molecule has 0 unspecified atom stereocenters. The van der Waals surface area contributed by atoms with E-state index >= 15 is 0 Å². The SMILES string of the molecule is Cc1cc(C)n(C[C@H]2CN(c3ncnc4[nH]ccc34)CCO2)n1. The number of hydrogen-bond donors (Lipinski definition) is 1. The number of aryl methyl sites for hydroxylation is 2. The highest BCUT2D eigenvalue weighted by Crippen LogP contribution is 2.24. The lowest BCUT2D eigenvalue weighted by Crippen LogP contribution is -2.45. The number of hydrogen-bond acceptors (Lipinski definition) is 5. The number of anilines is 1. The third-order valence-electron chi connectivity index (χ3n) is 4.25. The van der Waals surface area contributed by atoms with Crippen LogP contribution in [-0.4, -0.2) is 50.5 Å². The van der Waals surface area contributed by atoms with Crippen LogP contribution in [0.15, 0.2) is 24.7 Å². The summed E-state index contributed by atoms with van der Waals surface area (Å²) in [6, 6.07) is 4.12. The molecule has 0 radical (unpaired) electrons. The van der Waals surface area contributed by atoms with Crippen molar-refractivity contribution in [2.45, 2.75) is 26.5 Å². The maximum atomic E-state index is 5.94. The predicted molar refractivity (Wildman–Crippen MR) is 87.5 cm³/mol. The standard InChI is InChI=1S/C16H20N6O/c1-11-7-12(2)22(20-11)9-13-8-21(5-6-23-13)16-14-3-4-17-15(14)18-10-19-16/h3-4,7,10,13H,5-6,8-9H2,1-2H3,(H,17,18,19)/t13-/m1/s1. The van der Waals surface area contributed by atoms with Gasteiger partial charge >= 0.3 is 0 Å². The highest BCUT2D eigenvalue weighted by atomic mass is 16.5. The Balaban J connectivity index is 1.55. The van der Waals surface area contributed by atoms with Crippen LogP contribution >= 0.6 is 0 Å². The summed E-state index contributed by atoms with van der Waals surface area (Å²) in [5.41, 5.74) is 3.08. The van der Waals surface area contributed by atoms with Gasteiger partial charge in [-0.25, -0.2) is 9.97 Å². The van der Waals surface area contributed by atoms with Crippen LogP contribution in [0.3, 0.4) is 0 Å². The van der Waals surface area contributed by atoms with E-state index in [2.05, 4.69) is 37.9 Å². The number of morpholine rings is 1. The molecule has 1 atom stereocenters. The second-order valence-corrected chi connectivity index (χ2v) is 5.99. The van der Waals surface area contributed by atoms with Crippen molar-refractivity contribution in [1.29, 1.82) is 0 Å². The minimum absolute atomic E-state index is 0.103. The van der Waals surface area contributed by atoms with Crippen molar-refractivity contribution in [3.63, 3.8) is 0 Å². The van der Waals surface area contributed by atoms with Crippen LogP contribution in [0.1, 0.15) is 11.4 Å². The Hall–Kier alpha value is -2.41. The molecule has 3 aromatic rings. The van der Waals surface area contributed by atoms with E-state index in [4.69, 9.17) is 4.74 Å². The molecule has 7 heteroatoms. The molecule has 1 saturated heterocycles. The third-order valence-corrected chi connectivity index (χ3v) is 4.25. The lowest BCUT2D eigenvalue weighted by molar-refractivity contribution is 0.0268. The summed E-state index contributed by atoms with van der Waals surface area (Å²) in [6.45, 7) is 7.19. The van der Waals surface area contributed by atoms with Crippen LogP contribution in [0.2, 0.25) is 0 Å². The molecule has 120 valence electrons. The molecule has 0 amide bonds. The van der Waals surface area contributed by atoms with E-state index < -0.39 is 0 Å². The van der Waals surface area contributed by atoms with E-state index in [-0.39, 0.29) is 6.10 Å². The zero-order chi connectivity index (χ0) is 15.8. The molecule has 1 aliphatic heterocycles. The fraction of sp³-hybridized carbons (Fsp3) is 0.438. The van der Waals surface area contributed by atoms with Gasteiger partial charge in [0.05, 0.1) is 30.3 Å². The second-order valence-electron chi connectivity index (χ2n) is 5.99. The predicted octanol–water partition coefficient (Wildman–Crippen LogP) is 1.68. The van der Waals surface area contributed by atoms with Gasteiger partial charge in [0.25, 0.3) is 0 Å². The molecule has 4 heterocycles. The maximum Gasteiger partial charge on any atom is 0.142 e. The van der Waals surface area contributed by atoms with Gasteiger partial charge in [-0.1, -0.05) is 0 Å². The Morgan fingerprint density at radius 2 is 2.26 bits per heavy atom. The summed E-state index contributed by atoms with van der Waals surface area (Å²) < 4.78 is 7.96. The van der Waals surface area contributed by atoms with Gasteiger partial charge < -0.3 is 14.6 Å². The third kappa shape index (κ3) is 2.68. The van der Waals surface area contributed by atoms with Crippen molar-refractivity contribution in [2.24, 2.45) is 0 Å². The van der Waals surface area contributed by atoms with E-state index in [1.54, 1.807) is 6.33 Å². The molecule has 23 heavy (non-hydrogen) atoms. The molecule has 1 aliphatic rings. The number of H-pyrrole nitrogens is 1. The summed E-state index contributed by atoms with van der Waals surface area (Å²) in [6.07, 6.45) is 3.61. The fourth-order valence-electron chi connectivity index (χ4n) is 3.19. The summed E-state index contributed by atoms with van der Waals surface area (Å²) in [5.74, 6) is 0.970. The van der Waals surface area contributed by atoms with Crippen LogP contribution in [0.25, 0.3) is 11.0 Å². The topological polar surface area (TPSA) is 71.9 Å². The van der Waals surface area contributed by atoms with Crippen LogP contribution in [0.5, 0.6) is 0 Å². The number of nitrogens with one attached hydrogen (secondary N) is 1. The minimum Gasteiger partial charge on any atom is -0.373 e. The summed E-state index contributed by atoms with van der Waals surface area (Å²) in [5, 5.41) is 5.59. The zero-order valence-electron chi connectivity index (χ0n) is 13.4. The highest BCUT2D eigenvalue weighted by molar-refractivity contribution is 5.87. The van der Waals surface area contributed by atoms with Crippen molar-refractivity contribution in [1.82, 2.24) is 24.7 Å². The molecule has 4 rings (SSSR count). The van der Waals surface area contributed by atoms with Crippen LogP contribution in [0.4, 0.5) is 5.82 Å². The van der Waals surface area contributed by atoms with Crippen molar-refractivity contribution < 1.29 is 4.74 Å². The monoisotopic (exact) mass is 312 g/mol. The molecule has 0 bridgehead atoms. The number of fused-ring (bicyclic) bond motifs is 1. The molecule has 0 saturated carbocycles. The molecular formula is C16H20N6O. The van der Waals surface area contributed by atoms with Gasteiger partial charge in [-0.15, -0.1) is 0 Å². The summed E-state index contributed by atoms with van der Waals surface area (Å²) in [7, 11) is 0. The van der Waals surface area contributed by atoms with Crippen molar-refractivity contribution in [2.75, 3.05) is 24.6 Å². The lowest BCUT2D eigenvalue weighted by Gasteiger charge is -2.34. The molecule has 0 spiro atoms. The molecule has 0 aliphatic carbocycles. The minimum atomic E-state index is 0.103. The second kappa shape index (κ2) is 5.66.